The van der Waals surface area contributed by atoms with E-state index in [1.54, 1.807) is 19.3 Å². The van der Waals surface area contributed by atoms with Crippen LogP contribution < -0.4 is 20.9 Å². The van der Waals surface area contributed by atoms with Crippen LogP contribution in [-0.2, 0) is 18.4 Å². The summed E-state index contributed by atoms with van der Waals surface area (Å²) >= 11 is 1.40. The molecule has 11 heteroatoms. The summed E-state index contributed by atoms with van der Waals surface area (Å²) in [6, 6.07) is 3.34. The van der Waals surface area contributed by atoms with Crippen LogP contribution in [0.25, 0.3) is 11.0 Å². The van der Waals surface area contributed by atoms with Crippen LogP contribution in [0.4, 0.5) is 10.2 Å². The molecule has 34 heavy (non-hydrogen) atoms. The van der Waals surface area contributed by atoms with E-state index in [9.17, 15) is 14.0 Å². The van der Waals surface area contributed by atoms with Crippen molar-refractivity contribution in [3.63, 3.8) is 0 Å². The number of carbonyl (C=O) groups excluding carboxylic acids is 1. The van der Waals surface area contributed by atoms with Crippen molar-refractivity contribution in [2.24, 2.45) is 13.0 Å². The third-order valence-electron chi connectivity index (χ3n) is 6.31. The molecule has 0 saturated heterocycles. The largest absolute Gasteiger partial charge is 0.488 e. The zero-order chi connectivity index (χ0) is 23.7. The van der Waals surface area contributed by atoms with E-state index in [1.807, 2.05) is 0 Å². The van der Waals surface area contributed by atoms with Crippen molar-refractivity contribution in [1.29, 1.82) is 0 Å². The molecule has 0 bridgehead atoms. The van der Waals surface area contributed by atoms with E-state index in [0.29, 0.717) is 47.7 Å². The molecule has 1 fully saturated rings. The minimum atomic E-state index is -0.565. The quantitative estimate of drug-likeness (QED) is 0.549. The van der Waals surface area contributed by atoms with Gasteiger partial charge in [-0.3, -0.25) is 14.6 Å². The Bertz CT molecular complexity index is 1290. The van der Waals surface area contributed by atoms with Crippen LogP contribution >= 0.6 is 11.8 Å². The highest BCUT2D eigenvalue weighted by Crippen LogP contribution is 2.30. The summed E-state index contributed by atoms with van der Waals surface area (Å²) < 4.78 is 21.8. The van der Waals surface area contributed by atoms with Gasteiger partial charge in [-0.1, -0.05) is 11.8 Å². The maximum absolute atomic E-state index is 14.5. The van der Waals surface area contributed by atoms with Gasteiger partial charge in [-0.25, -0.2) is 14.4 Å². The number of carbonyl (C=O) groups is 1. The van der Waals surface area contributed by atoms with Crippen LogP contribution in [-0.4, -0.2) is 43.8 Å². The fourth-order valence-corrected chi connectivity index (χ4v) is 5.10. The number of hydrogen-bond donors (Lipinski definition) is 2. The summed E-state index contributed by atoms with van der Waals surface area (Å²) in [5.74, 6) is 0.673. The predicted octanol–water partition coefficient (Wildman–Crippen LogP) is 2.63. The molecule has 9 nitrogen and oxygen atoms in total. The van der Waals surface area contributed by atoms with E-state index in [4.69, 9.17) is 4.74 Å². The van der Waals surface area contributed by atoms with E-state index in [1.165, 1.54) is 22.4 Å². The third kappa shape index (κ3) is 4.76. The van der Waals surface area contributed by atoms with Crippen molar-refractivity contribution in [1.82, 2.24) is 24.8 Å². The first-order valence-corrected chi connectivity index (χ1v) is 12.3. The third-order valence-corrected chi connectivity index (χ3v) is 7.29. The van der Waals surface area contributed by atoms with Crippen LogP contribution in [0, 0.1) is 11.7 Å². The molecular formula is C23H25FN6O3S. The number of anilines is 1. The lowest BCUT2D eigenvalue weighted by molar-refractivity contribution is -0.113. The molecule has 178 valence electrons. The number of fused-ring (bicyclic) bond motifs is 2. The summed E-state index contributed by atoms with van der Waals surface area (Å²) in [6.07, 6.45) is 6.72. The van der Waals surface area contributed by atoms with Gasteiger partial charge >= 0.3 is 0 Å². The molecule has 3 aromatic heterocycles. The van der Waals surface area contributed by atoms with E-state index in [2.05, 4.69) is 25.6 Å². The van der Waals surface area contributed by atoms with Crippen LogP contribution in [0.1, 0.15) is 31.4 Å². The summed E-state index contributed by atoms with van der Waals surface area (Å²) in [5, 5.41) is 7.05. The van der Waals surface area contributed by atoms with Gasteiger partial charge in [0.1, 0.15) is 10.5 Å². The Kier molecular flexibility index (Phi) is 6.46. The van der Waals surface area contributed by atoms with E-state index in [0.717, 1.165) is 42.6 Å². The Balaban J connectivity index is 1.15. The predicted molar refractivity (Wildman–Crippen MR) is 126 cm³/mol. The summed E-state index contributed by atoms with van der Waals surface area (Å²) in [5.41, 5.74) is 1.46. The van der Waals surface area contributed by atoms with Gasteiger partial charge < -0.3 is 19.9 Å². The molecule has 1 amide bonds. The van der Waals surface area contributed by atoms with Gasteiger partial charge in [-0.05, 0) is 37.7 Å². The molecule has 2 N–H and O–H groups in total. The van der Waals surface area contributed by atoms with Gasteiger partial charge in [0.2, 0.25) is 5.91 Å². The van der Waals surface area contributed by atoms with Gasteiger partial charge in [-0.15, -0.1) is 0 Å². The second-order valence-electron chi connectivity index (χ2n) is 8.66. The van der Waals surface area contributed by atoms with Crippen molar-refractivity contribution in [3.8, 4) is 5.75 Å². The van der Waals surface area contributed by atoms with Gasteiger partial charge in [0.15, 0.2) is 17.4 Å². The molecular weight excluding hydrogens is 459 g/mol. The van der Waals surface area contributed by atoms with Crippen LogP contribution in [0.3, 0.4) is 0 Å². The first kappa shape index (κ1) is 22.7. The topological polar surface area (TPSA) is 111 Å². The molecule has 3 aromatic rings. The fraction of sp³-hybridized carbons (Fsp3) is 0.435. The van der Waals surface area contributed by atoms with Crippen LogP contribution in [0.15, 0.2) is 34.3 Å². The van der Waals surface area contributed by atoms with Crippen molar-refractivity contribution in [3.05, 3.63) is 46.4 Å². The molecule has 0 spiro atoms. The SMILES string of the molecule is Cn1c(=O)ccc2ncc(F)c(OCC3CCC(NCc4cnc5c(n4)NC(=O)CS5)CC3)c21. The smallest absolute Gasteiger partial charge is 0.250 e. The summed E-state index contributed by atoms with van der Waals surface area (Å²) in [7, 11) is 1.59. The average molecular weight is 485 g/mol. The normalized spacial score (nSPS) is 20.1. The number of pyridine rings is 2. The molecule has 2 aliphatic rings. The molecule has 1 saturated carbocycles. The molecule has 0 atom stereocenters. The van der Waals surface area contributed by atoms with Gasteiger partial charge in [0, 0.05) is 25.7 Å². The summed E-state index contributed by atoms with van der Waals surface area (Å²) in [6.45, 7) is 0.967. The zero-order valence-electron chi connectivity index (χ0n) is 18.7. The number of rotatable bonds is 6. The molecule has 4 heterocycles. The number of hydrogen-bond acceptors (Lipinski definition) is 8. The number of aromatic nitrogens is 4. The lowest BCUT2D eigenvalue weighted by Gasteiger charge is -2.29. The monoisotopic (exact) mass is 484 g/mol. The molecule has 0 radical (unpaired) electrons. The van der Waals surface area contributed by atoms with Crippen molar-refractivity contribution < 1.29 is 13.9 Å². The number of ether oxygens (including phenoxy) is 1. The Hall–Kier alpha value is -3.05. The fourth-order valence-electron chi connectivity index (χ4n) is 4.40. The second kappa shape index (κ2) is 9.67. The summed E-state index contributed by atoms with van der Waals surface area (Å²) in [4.78, 5) is 36.5. The first-order valence-electron chi connectivity index (χ1n) is 11.3. The highest BCUT2D eigenvalue weighted by molar-refractivity contribution is 8.00. The number of amides is 1. The van der Waals surface area contributed by atoms with Crippen LogP contribution in [0.5, 0.6) is 5.75 Å². The average Bonchev–Trinajstić information content (AvgIpc) is 2.85. The first-order chi connectivity index (χ1) is 16.5. The van der Waals surface area contributed by atoms with Gasteiger partial charge in [0.25, 0.3) is 5.56 Å². The Morgan fingerprint density at radius 3 is 2.85 bits per heavy atom. The van der Waals surface area contributed by atoms with E-state index < -0.39 is 5.82 Å². The second-order valence-corrected chi connectivity index (χ2v) is 9.63. The lowest BCUT2D eigenvalue weighted by atomic mass is 9.86. The molecule has 5 rings (SSSR count). The lowest BCUT2D eigenvalue weighted by Crippen LogP contribution is -2.34. The number of aryl methyl sites for hydroxylation is 1. The minimum absolute atomic E-state index is 0.0562. The van der Waals surface area contributed by atoms with Crippen LogP contribution in [0.2, 0.25) is 0 Å². The highest BCUT2D eigenvalue weighted by Gasteiger charge is 2.24. The number of nitrogens with one attached hydrogen (secondary N) is 2. The van der Waals surface area contributed by atoms with E-state index >= 15 is 0 Å². The number of halogens is 1. The maximum atomic E-state index is 14.5. The maximum Gasteiger partial charge on any atom is 0.250 e. The zero-order valence-corrected chi connectivity index (χ0v) is 19.5. The Labute approximate surface area is 199 Å². The van der Waals surface area contributed by atoms with Crippen molar-refractivity contribution in [2.75, 3.05) is 17.7 Å². The van der Waals surface area contributed by atoms with Crippen molar-refractivity contribution in [2.45, 2.75) is 43.3 Å². The molecule has 1 aliphatic carbocycles. The highest BCUT2D eigenvalue weighted by atomic mass is 32.2. The standard InChI is InChI=1S/C23H25FN6O3S/c1-30-19(32)7-6-17-20(30)21(16(24)10-26-17)33-11-13-2-4-14(5-3-13)25-8-15-9-27-23-22(28-15)29-18(31)12-34-23/h6-7,9-10,13-14,25H,2-5,8,11-12H2,1H3,(H,28,29,31). The Morgan fingerprint density at radius 2 is 2.03 bits per heavy atom. The van der Waals surface area contributed by atoms with Gasteiger partial charge in [0.05, 0.1) is 36.0 Å². The molecule has 0 aromatic carbocycles. The number of nitrogens with zero attached hydrogens (tertiary/aromatic N) is 4. The van der Waals surface area contributed by atoms with Crippen molar-refractivity contribution >= 4 is 34.5 Å². The Morgan fingerprint density at radius 1 is 1.21 bits per heavy atom. The molecule has 0 unspecified atom stereocenters. The molecule has 1 aliphatic heterocycles. The van der Waals surface area contributed by atoms with E-state index in [-0.39, 0.29) is 17.2 Å². The minimum Gasteiger partial charge on any atom is -0.488 e. The van der Waals surface area contributed by atoms with Gasteiger partial charge in [-0.2, -0.15) is 0 Å². The number of thioether (sulfide) groups is 1.